The highest BCUT2D eigenvalue weighted by Crippen LogP contribution is 2.21. The molecule has 0 radical (unpaired) electrons. The number of amides is 1. The lowest BCUT2D eigenvalue weighted by Gasteiger charge is -2.14. The number of hydrogen-bond donors (Lipinski definition) is 2. The predicted molar refractivity (Wildman–Crippen MR) is 58.6 cm³/mol. The molecule has 0 bridgehead atoms. The van der Waals surface area contributed by atoms with E-state index in [1.165, 1.54) is 19.2 Å². The molecule has 4 nitrogen and oxygen atoms in total. The first kappa shape index (κ1) is 12.4. The molecule has 1 atom stereocenters. The molecular formula is C11H15FN2O2. The SMILES string of the molecule is COc1ccc(C(C)NC(=O)CN)cc1F. The lowest BCUT2D eigenvalue weighted by Crippen LogP contribution is -2.32. The summed E-state index contributed by atoms with van der Waals surface area (Å²) < 4.78 is 18.2. The van der Waals surface area contributed by atoms with Gasteiger partial charge in [0.2, 0.25) is 5.91 Å². The molecule has 1 aromatic carbocycles. The molecule has 0 saturated heterocycles. The van der Waals surface area contributed by atoms with Gasteiger partial charge in [-0.2, -0.15) is 0 Å². The third-order valence-electron chi connectivity index (χ3n) is 2.24. The zero-order valence-electron chi connectivity index (χ0n) is 9.29. The van der Waals surface area contributed by atoms with Gasteiger partial charge in [-0.05, 0) is 24.6 Å². The van der Waals surface area contributed by atoms with Crippen molar-refractivity contribution in [2.24, 2.45) is 5.73 Å². The molecule has 0 aromatic heterocycles. The molecule has 1 aromatic rings. The molecule has 1 amide bonds. The normalized spacial score (nSPS) is 12.0. The number of methoxy groups -OCH3 is 1. The number of ether oxygens (including phenoxy) is 1. The second kappa shape index (κ2) is 5.46. The lowest BCUT2D eigenvalue weighted by molar-refractivity contribution is -0.120. The van der Waals surface area contributed by atoms with Gasteiger partial charge in [0.1, 0.15) is 0 Å². The highest BCUT2D eigenvalue weighted by molar-refractivity contribution is 5.78. The van der Waals surface area contributed by atoms with Crippen molar-refractivity contribution in [3.63, 3.8) is 0 Å². The third-order valence-corrected chi connectivity index (χ3v) is 2.24. The van der Waals surface area contributed by atoms with Gasteiger partial charge in [0.25, 0.3) is 0 Å². The largest absolute Gasteiger partial charge is 0.494 e. The van der Waals surface area contributed by atoms with Crippen LogP contribution >= 0.6 is 0 Å². The fourth-order valence-electron chi connectivity index (χ4n) is 1.34. The first-order valence-corrected chi connectivity index (χ1v) is 4.91. The number of carbonyl (C=O) groups is 1. The van der Waals surface area contributed by atoms with E-state index < -0.39 is 5.82 Å². The maximum Gasteiger partial charge on any atom is 0.234 e. The molecule has 0 aliphatic rings. The van der Waals surface area contributed by atoms with Crippen LogP contribution in [0.1, 0.15) is 18.5 Å². The van der Waals surface area contributed by atoms with E-state index in [9.17, 15) is 9.18 Å². The number of nitrogens with one attached hydrogen (secondary N) is 1. The van der Waals surface area contributed by atoms with Crippen molar-refractivity contribution in [3.8, 4) is 5.75 Å². The van der Waals surface area contributed by atoms with Crippen molar-refractivity contribution in [2.75, 3.05) is 13.7 Å². The number of rotatable bonds is 4. The number of halogens is 1. The Labute approximate surface area is 93.6 Å². The van der Waals surface area contributed by atoms with Gasteiger partial charge in [-0.3, -0.25) is 4.79 Å². The first-order chi connectivity index (χ1) is 7.58. The van der Waals surface area contributed by atoms with Gasteiger partial charge in [0.15, 0.2) is 11.6 Å². The molecule has 3 N–H and O–H groups in total. The molecule has 1 unspecified atom stereocenters. The zero-order valence-corrected chi connectivity index (χ0v) is 9.29. The summed E-state index contributed by atoms with van der Waals surface area (Å²) in [5.74, 6) is -0.543. The molecule has 16 heavy (non-hydrogen) atoms. The van der Waals surface area contributed by atoms with Gasteiger partial charge in [0, 0.05) is 0 Å². The van der Waals surface area contributed by atoms with E-state index in [1.807, 2.05) is 0 Å². The average molecular weight is 226 g/mol. The monoisotopic (exact) mass is 226 g/mol. The summed E-state index contributed by atoms with van der Waals surface area (Å²) in [6.07, 6.45) is 0. The Morgan fingerprint density at radius 1 is 1.62 bits per heavy atom. The molecule has 0 saturated carbocycles. The maximum atomic E-state index is 13.4. The fourth-order valence-corrected chi connectivity index (χ4v) is 1.34. The van der Waals surface area contributed by atoms with E-state index in [-0.39, 0.29) is 24.2 Å². The van der Waals surface area contributed by atoms with Gasteiger partial charge in [-0.25, -0.2) is 4.39 Å². The lowest BCUT2D eigenvalue weighted by atomic mass is 10.1. The molecule has 5 heteroatoms. The highest BCUT2D eigenvalue weighted by atomic mass is 19.1. The minimum absolute atomic E-state index is 0.0804. The Morgan fingerprint density at radius 3 is 2.81 bits per heavy atom. The summed E-state index contributed by atoms with van der Waals surface area (Å²) in [4.78, 5) is 11.0. The van der Waals surface area contributed by atoms with Gasteiger partial charge < -0.3 is 15.8 Å². The van der Waals surface area contributed by atoms with Gasteiger partial charge in [-0.15, -0.1) is 0 Å². The molecule has 0 fully saturated rings. The van der Waals surface area contributed by atoms with Crippen molar-refractivity contribution in [1.82, 2.24) is 5.32 Å². The summed E-state index contributed by atoms with van der Waals surface area (Å²) >= 11 is 0. The maximum absolute atomic E-state index is 13.4. The number of carbonyl (C=O) groups excluding carboxylic acids is 1. The second-order valence-electron chi connectivity index (χ2n) is 3.39. The van der Waals surface area contributed by atoms with E-state index >= 15 is 0 Å². The number of benzene rings is 1. The molecule has 0 heterocycles. The van der Waals surface area contributed by atoms with Crippen LogP contribution in [0.3, 0.4) is 0 Å². The smallest absolute Gasteiger partial charge is 0.234 e. The summed E-state index contributed by atoms with van der Waals surface area (Å²) in [6, 6.07) is 4.27. The Bertz CT molecular complexity index is 382. The first-order valence-electron chi connectivity index (χ1n) is 4.91. The van der Waals surface area contributed by atoms with E-state index in [4.69, 9.17) is 10.5 Å². The third kappa shape index (κ3) is 2.93. The Kier molecular flexibility index (Phi) is 4.25. The van der Waals surface area contributed by atoms with Gasteiger partial charge in [-0.1, -0.05) is 6.07 Å². The van der Waals surface area contributed by atoms with E-state index in [0.717, 1.165) is 0 Å². The van der Waals surface area contributed by atoms with Crippen molar-refractivity contribution >= 4 is 5.91 Å². The van der Waals surface area contributed by atoms with Crippen molar-refractivity contribution in [2.45, 2.75) is 13.0 Å². The standard InChI is InChI=1S/C11H15FN2O2/c1-7(14-11(15)6-13)8-3-4-10(16-2)9(12)5-8/h3-5,7H,6,13H2,1-2H3,(H,14,15). The van der Waals surface area contributed by atoms with Crippen LogP contribution in [0.25, 0.3) is 0 Å². The van der Waals surface area contributed by atoms with Crippen molar-refractivity contribution in [1.29, 1.82) is 0 Å². The van der Waals surface area contributed by atoms with Crippen LogP contribution in [0.4, 0.5) is 4.39 Å². The van der Waals surface area contributed by atoms with Crippen LogP contribution in [0.5, 0.6) is 5.75 Å². The molecule has 1 rings (SSSR count). The topological polar surface area (TPSA) is 64.3 Å². The average Bonchev–Trinajstić information content (AvgIpc) is 2.28. The predicted octanol–water partition coefficient (Wildman–Crippen LogP) is 0.970. The molecular weight excluding hydrogens is 211 g/mol. The van der Waals surface area contributed by atoms with Gasteiger partial charge >= 0.3 is 0 Å². The van der Waals surface area contributed by atoms with Crippen LogP contribution in [0, 0.1) is 5.82 Å². The molecule has 88 valence electrons. The summed E-state index contributed by atoms with van der Waals surface area (Å²) in [5.41, 5.74) is 5.83. The van der Waals surface area contributed by atoms with Crippen LogP contribution < -0.4 is 15.8 Å². The van der Waals surface area contributed by atoms with Crippen LogP contribution in [0.15, 0.2) is 18.2 Å². The Balaban J connectivity index is 2.80. The number of hydrogen-bond acceptors (Lipinski definition) is 3. The van der Waals surface area contributed by atoms with Crippen LogP contribution in [-0.4, -0.2) is 19.6 Å². The minimum atomic E-state index is -0.450. The van der Waals surface area contributed by atoms with Crippen molar-refractivity contribution < 1.29 is 13.9 Å². The fraction of sp³-hybridized carbons (Fsp3) is 0.364. The molecule has 0 spiro atoms. The van der Waals surface area contributed by atoms with Crippen molar-refractivity contribution in [3.05, 3.63) is 29.6 Å². The van der Waals surface area contributed by atoms with E-state index in [0.29, 0.717) is 5.56 Å². The Morgan fingerprint density at radius 2 is 2.31 bits per heavy atom. The van der Waals surface area contributed by atoms with E-state index in [1.54, 1.807) is 13.0 Å². The van der Waals surface area contributed by atoms with E-state index in [2.05, 4.69) is 5.32 Å². The van der Waals surface area contributed by atoms with Crippen LogP contribution in [-0.2, 0) is 4.79 Å². The quantitative estimate of drug-likeness (QED) is 0.804. The molecule has 0 aliphatic carbocycles. The Hall–Kier alpha value is -1.62. The zero-order chi connectivity index (χ0) is 12.1. The minimum Gasteiger partial charge on any atom is -0.494 e. The van der Waals surface area contributed by atoms with Crippen LogP contribution in [0.2, 0.25) is 0 Å². The number of nitrogens with two attached hydrogens (primary N) is 1. The summed E-state index contributed by atoms with van der Waals surface area (Å²) in [6.45, 7) is 1.68. The second-order valence-corrected chi connectivity index (χ2v) is 3.39. The van der Waals surface area contributed by atoms with Gasteiger partial charge in [0.05, 0.1) is 19.7 Å². The molecule has 0 aliphatic heterocycles. The highest BCUT2D eigenvalue weighted by Gasteiger charge is 2.11. The summed E-state index contributed by atoms with van der Waals surface area (Å²) in [7, 11) is 1.40. The summed E-state index contributed by atoms with van der Waals surface area (Å²) in [5, 5.41) is 2.64.